The minimum Gasteiger partial charge on any atom is -0.338 e. The van der Waals surface area contributed by atoms with Crippen molar-refractivity contribution in [2.24, 2.45) is 0 Å². The van der Waals surface area contributed by atoms with Gasteiger partial charge in [-0.25, -0.2) is 9.67 Å². The SMILES string of the molecule is Cc1cccc(C(=O)N2CCCC(c3nc4c(nnn4Cc4c(Cl)cccc4Cl)c(=O)[nH]3)C2)c1. The van der Waals surface area contributed by atoms with Crippen LogP contribution in [-0.4, -0.2) is 48.9 Å². The van der Waals surface area contributed by atoms with Gasteiger partial charge in [0.05, 0.1) is 6.54 Å². The number of rotatable bonds is 4. The highest BCUT2D eigenvalue weighted by Gasteiger charge is 2.28. The summed E-state index contributed by atoms with van der Waals surface area (Å²) in [4.78, 5) is 35.2. The summed E-state index contributed by atoms with van der Waals surface area (Å²) in [5.41, 5.74) is 2.52. The van der Waals surface area contributed by atoms with Crippen LogP contribution in [0.4, 0.5) is 0 Å². The Hall–Kier alpha value is -3.23. The number of hydrogen-bond acceptors (Lipinski definition) is 5. The Morgan fingerprint density at radius 3 is 2.71 bits per heavy atom. The van der Waals surface area contributed by atoms with Crippen LogP contribution in [0.5, 0.6) is 0 Å². The Bertz CT molecular complexity index is 1430. The molecule has 0 radical (unpaired) electrons. The van der Waals surface area contributed by atoms with Crippen molar-refractivity contribution in [1.29, 1.82) is 0 Å². The highest BCUT2D eigenvalue weighted by atomic mass is 35.5. The predicted octanol–water partition coefficient (Wildman–Crippen LogP) is 4.20. The summed E-state index contributed by atoms with van der Waals surface area (Å²) in [7, 11) is 0. The maximum Gasteiger partial charge on any atom is 0.281 e. The lowest BCUT2D eigenvalue weighted by atomic mass is 9.96. The minimum absolute atomic E-state index is 0.0168. The van der Waals surface area contributed by atoms with Crippen molar-refractivity contribution in [2.45, 2.75) is 32.2 Å². The van der Waals surface area contributed by atoms with Gasteiger partial charge in [-0.3, -0.25) is 9.59 Å². The van der Waals surface area contributed by atoms with Crippen molar-refractivity contribution in [2.75, 3.05) is 13.1 Å². The number of H-pyrrole nitrogens is 1. The van der Waals surface area contributed by atoms with Gasteiger partial charge in [0.1, 0.15) is 5.82 Å². The number of amides is 1. The molecule has 0 bridgehead atoms. The average molecular weight is 497 g/mol. The summed E-state index contributed by atoms with van der Waals surface area (Å²) in [6.07, 6.45) is 1.63. The number of carbonyl (C=O) groups is 1. The Morgan fingerprint density at radius 1 is 1.18 bits per heavy atom. The number of halogens is 2. The lowest BCUT2D eigenvalue weighted by Crippen LogP contribution is -2.40. The van der Waals surface area contributed by atoms with E-state index in [0.717, 1.165) is 18.4 Å². The van der Waals surface area contributed by atoms with Crippen LogP contribution < -0.4 is 5.56 Å². The number of carbonyl (C=O) groups excluding carboxylic acids is 1. The third-order valence-electron chi connectivity index (χ3n) is 6.12. The highest BCUT2D eigenvalue weighted by Crippen LogP contribution is 2.27. The molecule has 1 atom stereocenters. The molecule has 0 saturated carbocycles. The molecule has 4 aromatic rings. The molecule has 2 aromatic carbocycles. The standard InChI is InChI=1S/C24H22Cl2N6O2/c1-14-5-2-6-15(11-14)24(34)31-10-4-7-16(12-31)21-27-22-20(23(33)28-21)29-30-32(22)13-17-18(25)8-3-9-19(17)26/h2-3,5-6,8-9,11,16H,4,7,10,12-13H2,1H3,(H,27,28,33). The Balaban J connectivity index is 1.45. The molecule has 1 fully saturated rings. The van der Waals surface area contributed by atoms with E-state index in [9.17, 15) is 9.59 Å². The van der Waals surface area contributed by atoms with Crippen LogP contribution in [-0.2, 0) is 6.54 Å². The Labute approximate surface area is 205 Å². The number of aromatic amines is 1. The molecule has 0 spiro atoms. The molecule has 1 N–H and O–H groups in total. The van der Waals surface area contributed by atoms with Crippen LogP contribution in [0.25, 0.3) is 11.2 Å². The summed E-state index contributed by atoms with van der Waals surface area (Å²) >= 11 is 12.6. The molecule has 3 heterocycles. The molecule has 1 aliphatic heterocycles. The second-order valence-corrected chi connectivity index (χ2v) is 9.34. The number of benzene rings is 2. The first-order valence-electron chi connectivity index (χ1n) is 11.0. The molecule has 8 nitrogen and oxygen atoms in total. The second-order valence-electron chi connectivity index (χ2n) is 8.53. The lowest BCUT2D eigenvalue weighted by Gasteiger charge is -2.32. The van der Waals surface area contributed by atoms with Crippen molar-refractivity contribution in [1.82, 2.24) is 29.9 Å². The monoisotopic (exact) mass is 496 g/mol. The average Bonchev–Trinajstić information content (AvgIpc) is 3.24. The first-order valence-corrected chi connectivity index (χ1v) is 11.8. The zero-order valence-electron chi connectivity index (χ0n) is 18.5. The van der Waals surface area contributed by atoms with E-state index in [0.29, 0.717) is 45.7 Å². The van der Waals surface area contributed by atoms with Gasteiger partial charge in [0.25, 0.3) is 11.5 Å². The Kier molecular flexibility index (Phi) is 6.10. The summed E-state index contributed by atoms with van der Waals surface area (Å²) in [6, 6.07) is 12.8. The summed E-state index contributed by atoms with van der Waals surface area (Å²) in [5.74, 6) is 0.400. The van der Waals surface area contributed by atoms with Crippen LogP contribution in [0.15, 0.2) is 47.3 Å². The predicted molar refractivity (Wildman–Crippen MR) is 131 cm³/mol. The molecule has 174 valence electrons. The quantitative estimate of drug-likeness (QED) is 0.456. The van der Waals surface area contributed by atoms with Crippen molar-refractivity contribution in [3.05, 3.63) is 85.4 Å². The first kappa shape index (κ1) is 22.6. The fourth-order valence-electron chi connectivity index (χ4n) is 4.36. The molecule has 1 aliphatic rings. The molecule has 1 saturated heterocycles. The molecule has 2 aromatic heterocycles. The molecule has 5 rings (SSSR count). The summed E-state index contributed by atoms with van der Waals surface area (Å²) in [5, 5.41) is 9.12. The van der Waals surface area contributed by atoms with E-state index in [1.807, 2.05) is 36.1 Å². The van der Waals surface area contributed by atoms with Crippen LogP contribution in [0, 0.1) is 6.92 Å². The molecule has 0 aliphatic carbocycles. The van der Waals surface area contributed by atoms with Gasteiger partial charge >= 0.3 is 0 Å². The lowest BCUT2D eigenvalue weighted by molar-refractivity contribution is 0.0704. The molecule has 10 heteroatoms. The van der Waals surface area contributed by atoms with E-state index < -0.39 is 0 Å². The summed E-state index contributed by atoms with van der Waals surface area (Å²) in [6.45, 7) is 3.33. The van der Waals surface area contributed by atoms with Gasteiger partial charge in [0, 0.05) is 40.2 Å². The Morgan fingerprint density at radius 2 is 1.94 bits per heavy atom. The van der Waals surface area contributed by atoms with E-state index in [4.69, 9.17) is 28.2 Å². The van der Waals surface area contributed by atoms with E-state index in [1.165, 1.54) is 4.68 Å². The molecule has 1 amide bonds. The van der Waals surface area contributed by atoms with Gasteiger partial charge in [-0.05, 0) is 44.0 Å². The van der Waals surface area contributed by atoms with Crippen molar-refractivity contribution >= 4 is 40.3 Å². The van der Waals surface area contributed by atoms with Crippen molar-refractivity contribution in [3.8, 4) is 0 Å². The number of nitrogens with zero attached hydrogens (tertiary/aromatic N) is 5. The van der Waals surface area contributed by atoms with E-state index >= 15 is 0 Å². The van der Waals surface area contributed by atoms with Gasteiger partial charge in [-0.1, -0.05) is 52.2 Å². The maximum absolute atomic E-state index is 13.1. The first-order chi connectivity index (χ1) is 16.4. The van der Waals surface area contributed by atoms with E-state index in [-0.39, 0.29) is 29.4 Å². The van der Waals surface area contributed by atoms with Crippen LogP contribution in [0.2, 0.25) is 10.0 Å². The van der Waals surface area contributed by atoms with Crippen molar-refractivity contribution < 1.29 is 4.79 Å². The third kappa shape index (κ3) is 4.31. The molecular formula is C24H22Cl2N6O2. The molecule has 1 unspecified atom stereocenters. The minimum atomic E-state index is -0.362. The van der Waals surface area contributed by atoms with Crippen molar-refractivity contribution in [3.63, 3.8) is 0 Å². The smallest absolute Gasteiger partial charge is 0.281 e. The number of nitrogens with one attached hydrogen (secondary N) is 1. The largest absolute Gasteiger partial charge is 0.338 e. The fraction of sp³-hybridized carbons (Fsp3) is 0.292. The van der Waals surface area contributed by atoms with E-state index in [1.54, 1.807) is 18.2 Å². The third-order valence-corrected chi connectivity index (χ3v) is 6.83. The molecule has 34 heavy (non-hydrogen) atoms. The van der Waals surface area contributed by atoms with Gasteiger partial charge in [0.15, 0.2) is 11.2 Å². The number of piperidine rings is 1. The number of likely N-dealkylation sites (tertiary alicyclic amines) is 1. The highest BCUT2D eigenvalue weighted by molar-refractivity contribution is 6.36. The van der Waals surface area contributed by atoms with Crippen LogP contribution in [0.3, 0.4) is 0 Å². The zero-order chi connectivity index (χ0) is 23.8. The van der Waals surface area contributed by atoms with Gasteiger partial charge in [-0.2, -0.15) is 0 Å². The summed E-state index contributed by atoms with van der Waals surface area (Å²) < 4.78 is 1.53. The number of fused-ring (bicyclic) bond motifs is 1. The van der Waals surface area contributed by atoms with Crippen LogP contribution in [0.1, 0.15) is 46.1 Å². The zero-order valence-corrected chi connectivity index (χ0v) is 20.0. The van der Waals surface area contributed by atoms with Gasteiger partial charge in [0.2, 0.25) is 0 Å². The molecular weight excluding hydrogens is 475 g/mol. The van der Waals surface area contributed by atoms with E-state index in [2.05, 4.69) is 15.3 Å². The number of aromatic nitrogens is 5. The topological polar surface area (TPSA) is 96.8 Å². The van der Waals surface area contributed by atoms with Crippen LogP contribution >= 0.6 is 23.2 Å². The maximum atomic E-state index is 13.1. The fourth-order valence-corrected chi connectivity index (χ4v) is 4.88. The van der Waals surface area contributed by atoms with Gasteiger partial charge < -0.3 is 9.88 Å². The number of aryl methyl sites for hydroxylation is 1. The number of hydrogen-bond donors (Lipinski definition) is 1. The normalized spacial score (nSPS) is 16.2. The second kappa shape index (κ2) is 9.19. The van der Waals surface area contributed by atoms with Gasteiger partial charge in [-0.15, -0.1) is 5.10 Å².